The van der Waals surface area contributed by atoms with Gasteiger partial charge in [-0.25, -0.2) is 9.50 Å². The molecule has 0 aliphatic rings. The highest BCUT2D eigenvalue weighted by atomic mass is 32.2. The third-order valence-corrected chi connectivity index (χ3v) is 4.18. The summed E-state index contributed by atoms with van der Waals surface area (Å²) in [6.07, 6.45) is 3.45. The van der Waals surface area contributed by atoms with E-state index < -0.39 is 0 Å². The first-order valence-electron chi connectivity index (χ1n) is 6.75. The van der Waals surface area contributed by atoms with Gasteiger partial charge in [-0.15, -0.1) is 5.10 Å². The number of hydrogen-bond acceptors (Lipinski definition) is 5. The van der Waals surface area contributed by atoms with Crippen LogP contribution in [0.1, 0.15) is 10.8 Å². The van der Waals surface area contributed by atoms with Gasteiger partial charge in [0.15, 0.2) is 0 Å². The summed E-state index contributed by atoms with van der Waals surface area (Å²) in [4.78, 5) is 22.6. The molecular weight excluding hydrogens is 298 g/mol. The minimum Gasteiger partial charge on any atom is -0.348 e. The normalized spacial score (nSPS) is 12.3. The van der Waals surface area contributed by atoms with Crippen molar-refractivity contribution < 1.29 is 4.79 Å². The Morgan fingerprint density at radius 3 is 2.68 bits per heavy atom. The van der Waals surface area contributed by atoms with Gasteiger partial charge in [-0.1, -0.05) is 42.1 Å². The molecular formula is C15H15N5OS. The number of fused-ring (bicyclic) bond motifs is 1. The number of nitrogens with zero attached hydrogens (tertiary/aromatic N) is 5. The van der Waals surface area contributed by atoms with Crippen LogP contribution in [0.25, 0.3) is 5.78 Å². The maximum atomic E-state index is 12.5. The number of likely N-dealkylation sites (N-methyl/N-ethyl adjacent to an activating group) is 1. The van der Waals surface area contributed by atoms with Gasteiger partial charge >= 0.3 is 0 Å². The molecule has 22 heavy (non-hydrogen) atoms. The molecule has 1 atom stereocenters. The van der Waals surface area contributed by atoms with E-state index in [1.165, 1.54) is 11.8 Å². The zero-order valence-electron chi connectivity index (χ0n) is 12.2. The summed E-state index contributed by atoms with van der Waals surface area (Å²) < 4.78 is 1.60. The number of carbonyl (C=O) groups is 1. The average molecular weight is 313 g/mol. The van der Waals surface area contributed by atoms with E-state index in [-0.39, 0.29) is 11.2 Å². The minimum atomic E-state index is -0.381. The number of thioether (sulfide) groups is 1. The Morgan fingerprint density at radius 1 is 1.23 bits per heavy atom. The van der Waals surface area contributed by atoms with Crippen LogP contribution in [0.3, 0.4) is 0 Å². The third kappa shape index (κ3) is 2.94. The largest absolute Gasteiger partial charge is 0.348 e. The van der Waals surface area contributed by atoms with Gasteiger partial charge in [0.1, 0.15) is 5.25 Å². The molecule has 1 aromatic carbocycles. The molecule has 0 saturated heterocycles. The molecule has 112 valence electrons. The van der Waals surface area contributed by atoms with E-state index in [2.05, 4.69) is 15.1 Å². The summed E-state index contributed by atoms with van der Waals surface area (Å²) in [6, 6.07) is 11.4. The summed E-state index contributed by atoms with van der Waals surface area (Å²) >= 11 is 1.33. The van der Waals surface area contributed by atoms with Crippen molar-refractivity contribution in [2.75, 3.05) is 14.1 Å². The first kappa shape index (κ1) is 14.5. The highest BCUT2D eigenvalue weighted by Gasteiger charge is 2.25. The van der Waals surface area contributed by atoms with Crippen LogP contribution in [0.5, 0.6) is 0 Å². The quantitative estimate of drug-likeness (QED) is 0.690. The van der Waals surface area contributed by atoms with Crippen LogP contribution < -0.4 is 0 Å². The molecule has 3 aromatic rings. The van der Waals surface area contributed by atoms with Gasteiger partial charge in [-0.3, -0.25) is 4.79 Å². The molecule has 6 nitrogen and oxygen atoms in total. The summed E-state index contributed by atoms with van der Waals surface area (Å²) in [5.74, 6) is 0.525. The van der Waals surface area contributed by atoms with Crippen molar-refractivity contribution >= 4 is 23.4 Å². The SMILES string of the molecule is CN(C)C(=O)[C@@H](Sc1nc2ncccn2n1)c1ccccc1. The molecule has 0 aliphatic heterocycles. The molecule has 2 heterocycles. The van der Waals surface area contributed by atoms with Gasteiger partial charge in [-0.05, 0) is 11.6 Å². The van der Waals surface area contributed by atoms with Gasteiger partial charge in [-0.2, -0.15) is 4.98 Å². The van der Waals surface area contributed by atoms with Crippen LogP contribution in [-0.2, 0) is 4.79 Å². The second kappa shape index (κ2) is 6.15. The van der Waals surface area contributed by atoms with Crippen molar-refractivity contribution in [3.8, 4) is 0 Å². The summed E-state index contributed by atoms with van der Waals surface area (Å²) in [6.45, 7) is 0. The molecule has 0 radical (unpaired) electrons. The van der Waals surface area contributed by atoms with Crippen molar-refractivity contribution in [3.63, 3.8) is 0 Å². The van der Waals surface area contributed by atoms with Crippen LogP contribution >= 0.6 is 11.8 Å². The second-order valence-corrected chi connectivity index (χ2v) is 5.97. The molecule has 3 rings (SSSR count). The highest BCUT2D eigenvalue weighted by Crippen LogP contribution is 2.34. The van der Waals surface area contributed by atoms with Crippen molar-refractivity contribution in [1.29, 1.82) is 0 Å². The molecule has 0 aliphatic carbocycles. The van der Waals surface area contributed by atoms with Gasteiger partial charge in [0.25, 0.3) is 5.78 Å². The van der Waals surface area contributed by atoms with Crippen molar-refractivity contribution in [1.82, 2.24) is 24.5 Å². The number of rotatable bonds is 4. The highest BCUT2D eigenvalue weighted by molar-refractivity contribution is 8.00. The maximum Gasteiger partial charge on any atom is 0.253 e. The van der Waals surface area contributed by atoms with Gasteiger partial charge < -0.3 is 4.90 Å². The molecule has 0 unspecified atom stereocenters. The Balaban J connectivity index is 1.94. The molecule has 2 aromatic heterocycles. The van der Waals surface area contributed by atoms with E-state index in [1.807, 2.05) is 30.3 Å². The molecule has 0 saturated carbocycles. The number of hydrogen-bond donors (Lipinski definition) is 0. The first-order chi connectivity index (χ1) is 10.6. The van der Waals surface area contributed by atoms with Crippen LogP contribution in [0.2, 0.25) is 0 Å². The number of amides is 1. The number of carbonyl (C=O) groups excluding carboxylic acids is 1. The van der Waals surface area contributed by atoms with Gasteiger partial charge in [0.05, 0.1) is 0 Å². The lowest BCUT2D eigenvalue weighted by atomic mass is 10.1. The Hall–Kier alpha value is -2.41. The van der Waals surface area contributed by atoms with E-state index in [0.29, 0.717) is 10.9 Å². The smallest absolute Gasteiger partial charge is 0.253 e. The number of aromatic nitrogens is 4. The minimum absolute atomic E-state index is 0.00279. The monoisotopic (exact) mass is 313 g/mol. The van der Waals surface area contributed by atoms with Crippen molar-refractivity contribution in [3.05, 3.63) is 54.4 Å². The van der Waals surface area contributed by atoms with Crippen LogP contribution in [0, 0.1) is 0 Å². The predicted molar refractivity (Wildman–Crippen MR) is 84.5 cm³/mol. The maximum absolute atomic E-state index is 12.5. The molecule has 1 amide bonds. The zero-order valence-corrected chi connectivity index (χ0v) is 13.1. The van der Waals surface area contributed by atoms with Crippen LogP contribution in [-0.4, -0.2) is 44.5 Å². The van der Waals surface area contributed by atoms with Crippen LogP contribution in [0.15, 0.2) is 53.9 Å². The molecule has 0 spiro atoms. The average Bonchev–Trinajstić information content (AvgIpc) is 2.95. The first-order valence-corrected chi connectivity index (χ1v) is 7.63. The summed E-state index contributed by atoms with van der Waals surface area (Å²) in [5, 5.41) is 4.50. The topological polar surface area (TPSA) is 63.4 Å². The molecule has 0 N–H and O–H groups in total. The van der Waals surface area contributed by atoms with E-state index in [1.54, 1.807) is 42.0 Å². The molecule has 0 bridgehead atoms. The van der Waals surface area contributed by atoms with E-state index in [9.17, 15) is 4.79 Å². The third-order valence-electron chi connectivity index (χ3n) is 3.09. The number of benzene rings is 1. The van der Waals surface area contributed by atoms with Gasteiger partial charge in [0.2, 0.25) is 11.1 Å². The fourth-order valence-electron chi connectivity index (χ4n) is 1.99. The zero-order chi connectivity index (χ0) is 15.5. The Bertz CT molecular complexity index is 754. The molecule has 0 fully saturated rings. The standard InChI is InChI=1S/C15H15N5OS/c1-19(2)13(21)12(11-7-4-3-5-8-11)22-15-17-14-16-9-6-10-20(14)18-15/h3-10,12H,1-2H3/t12-/m0/s1. The van der Waals surface area contributed by atoms with E-state index in [0.717, 1.165) is 5.56 Å². The Kier molecular flexibility index (Phi) is 4.06. The van der Waals surface area contributed by atoms with E-state index in [4.69, 9.17) is 0 Å². The lowest BCUT2D eigenvalue weighted by molar-refractivity contribution is -0.128. The summed E-state index contributed by atoms with van der Waals surface area (Å²) in [5.41, 5.74) is 0.929. The van der Waals surface area contributed by atoms with Crippen molar-refractivity contribution in [2.24, 2.45) is 0 Å². The Morgan fingerprint density at radius 2 is 2.00 bits per heavy atom. The van der Waals surface area contributed by atoms with Crippen LogP contribution in [0.4, 0.5) is 0 Å². The predicted octanol–water partition coefficient (Wildman–Crippen LogP) is 2.05. The summed E-state index contributed by atoms with van der Waals surface area (Å²) in [7, 11) is 3.50. The molecule has 7 heteroatoms. The lowest BCUT2D eigenvalue weighted by Gasteiger charge is -2.19. The van der Waals surface area contributed by atoms with Gasteiger partial charge in [0, 0.05) is 26.5 Å². The lowest BCUT2D eigenvalue weighted by Crippen LogP contribution is -2.26. The second-order valence-electron chi connectivity index (χ2n) is 4.90. The Labute approximate surface area is 132 Å². The fourth-order valence-corrected chi connectivity index (χ4v) is 3.08. The van der Waals surface area contributed by atoms with Crippen molar-refractivity contribution in [2.45, 2.75) is 10.4 Å². The van der Waals surface area contributed by atoms with E-state index >= 15 is 0 Å². The fraction of sp³-hybridized carbons (Fsp3) is 0.200.